The van der Waals surface area contributed by atoms with Gasteiger partial charge >= 0.3 is 17.9 Å². The van der Waals surface area contributed by atoms with E-state index in [0.29, 0.717) is 25.3 Å². The van der Waals surface area contributed by atoms with Crippen LogP contribution in [0.1, 0.15) is 195 Å². The molecular weight excluding hydrogens is 642 g/mol. The third kappa shape index (κ3) is 26.9. The minimum Gasteiger partial charge on any atom is -0.462 e. The summed E-state index contributed by atoms with van der Waals surface area (Å²) in [5.41, 5.74) is 0. The second kappa shape index (κ2) is 31.9. The molecule has 0 aliphatic heterocycles. The van der Waals surface area contributed by atoms with E-state index >= 15 is 0 Å². The van der Waals surface area contributed by atoms with E-state index in [4.69, 9.17) is 9.78 Å². The molecule has 0 saturated carbocycles. The van der Waals surface area contributed by atoms with Gasteiger partial charge in [-0.2, -0.15) is 13.7 Å². The fourth-order valence-corrected chi connectivity index (χ4v) is 6.27. The maximum atomic E-state index is 13.9. The highest BCUT2D eigenvalue weighted by Gasteiger charge is 2.39. The van der Waals surface area contributed by atoms with Crippen molar-refractivity contribution in [3.8, 4) is 0 Å². The van der Waals surface area contributed by atoms with Crippen LogP contribution >= 0.6 is 0 Å². The molecule has 2 unspecified atom stereocenters. The molecule has 0 radical (unpaired) electrons. The summed E-state index contributed by atoms with van der Waals surface area (Å²) in [5.74, 6) is -5.05. The van der Waals surface area contributed by atoms with Gasteiger partial charge in [-0.3, -0.25) is 9.68 Å². The zero-order chi connectivity index (χ0) is 37.5. The quantitative estimate of drug-likeness (QED) is 0.0302. The van der Waals surface area contributed by atoms with E-state index < -0.39 is 18.3 Å². The maximum absolute atomic E-state index is 13.9. The molecule has 10 heteroatoms. The molecule has 0 aromatic rings. The van der Waals surface area contributed by atoms with Crippen LogP contribution in [-0.2, 0) is 28.9 Å². The second-order valence-corrected chi connectivity index (χ2v) is 14.4. The lowest BCUT2D eigenvalue weighted by Crippen LogP contribution is -2.36. The monoisotopic (exact) mass is 719 g/mol. The molecule has 1 N–H and O–H groups in total. The molecule has 0 heterocycles. The third-order valence-corrected chi connectivity index (χ3v) is 9.68. The van der Waals surface area contributed by atoms with Crippen molar-refractivity contribution < 1.29 is 37.7 Å². The number of unbranched alkanes of at least 4 members (excludes halogenated alkanes) is 14. The zero-order valence-corrected chi connectivity index (χ0v) is 33.0. The molecule has 0 spiro atoms. The first-order valence-electron chi connectivity index (χ1n) is 20.4. The maximum Gasteiger partial charge on any atom is 0.376 e. The van der Waals surface area contributed by atoms with Gasteiger partial charge in [-0.1, -0.05) is 117 Å². The Bertz CT molecular complexity index is 841. The molecule has 0 aliphatic carbocycles. The Morgan fingerprint density at radius 3 is 1.72 bits per heavy atom. The number of ether oxygens (including phenoxy) is 1. The molecule has 296 valence electrons. The molecule has 0 saturated heterocycles. The summed E-state index contributed by atoms with van der Waals surface area (Å²) in [6, 6.07) is 0.432. The molecule has 2 atom stereocenters. The standard InChI is InChI=1S/C40H76F2N2O6/c1-7-11-12-13-14-15-17-22-27-34(28-23-20-21-26-33-40(41,42)39(47)48-10-4)43-37(45)32-31-35(44(5)6)29-24-18-16-19-25-30-38(46)50-49-36(8-2)9-3/h34-36H,7-33H2,1-6H3,(H,43,45). The first-order chi connectivity index (χ1) is 24.0. The number of hydrogen-bond acceptors (Lipinski definition) is 7. The highest BCUT2D eigenvalue weighted by atomic mass is 19.3. The highest BCUT2D eigenvalue weighted by molar-refractivity contribution is 5.77. The molecule has 0 fully saturated rings. The topological polar surface area (TPSA) is 94.2 Å². The summed E-state index contributed by atoms with van der Waals surface area (Å²) in [4.78, 5) is 48.8. The van der Waals surface area contributed by atoms with Crippen LogP contribution in [0.4, 0.5) is 8.78 Å². The van der Waals surface area contributed by atoms with Crippen LogP contribution in [0.15, 0.2) is 0 Å². The van der Waals surface area contributed by atoms with Crippen LogP contribution in [0.3, 0.4) is 0 Å². The van der Waals surface area contributed by atoms with Crippen LogP contribution in [-0.4, -0.2) is 67.6 Å². The van der Waals surface area contributed by atoms with Crippen molar-refractivity contribution >= 4 is 17.8 Å². The molecular formula is C40H76F2N2O6. The Morgan fingerprint density at radius 1 is 0.660 bits per heavy atom. The van der Waals surface area contributed by atoms with Gasteiger partial charge in [-0.05, 0) is 72.4 Å². The van der Waals surface area contributed by atoms with Crippen LogP contribution in [0.2, 0.25) is 0 Å². The first-order valence-corrected chi connectivity index (χ1v) is 20.4. The normalized spacial score (nSPS) is 13.1. The van der Waals surface area contributed by atoms with Crippen molar-refractivity contribution in [2.75, 3.05) is 20.7 Å². The van der Waals surface area contributed by atoms with Crippen LogP contribution in [0, 0.1) is 0 Å². The average Bonchev–Trinajstić information content (AvgIpc) is 3.08. The van der Waals surface area contributed by atoms with Crippen molar-refractivity contribution in [1.29, 1.82) is 0 Å². The first kappa shape index (κ1) is 48.2. The Kier molecular flexibility index (Phi) is 30.7. The minimum atomic E-state index is -3.42. The fraction of sp³-hybridized carbons (Fsp3) is 0.925. The predicted octanol–water partition coefficient (Wildman–Crippen LogP) is 10.6. The summed E-state index contributed by atoms with van der Waals surface area (Å²) in [7, 11) is 4.15. The Hall–Kier alpha value is -1.81. The minimum absolute atomic E-state index is 0.0322. The van der Waals surface area contributed by atoms with Crippen LogP contribution in [0.25, 0.3) is 0 Å². The summed E-state index contributed by atoms with van der Waals surface area (Å²) >= 11 is 0. The van der Waals surface area contributed by atoms with Gasteiger partial charge in [0.25, 0.3) is 0 Å². The van der Waals surface area contributed by atoms with Gasteiger partial charge in [0, 0.05) is 31.3 Å². The number of nitrogens with one attached hydrogen (secondary N) is 1. The number of nitrogens with zero attached hydrogens (tertiary/aromatic N) is 1. The van der Waals surface area contributed by atoms with E-state index in [1.807, 2.05) is 13.8 Å². The summed E-state index contributed by atoms with van der Waals surface area (Å²) in [5, 5.41) is 3.31. The summed E-state index contributed by atoms with van der Waals surface area (Å²) < 4.78 is 32.3. The van der Waals surface area contributed by atoms with E-state index in [-0.39, 0.29) is 37.0 Å². The van der Waals surface area contributed by atoms with E-state index in [2.05, 4.69) is 36.0 Å². The van der Waals surface area contributed by atoms with Gasteiger partial charge in [0.1, 0.15) is 6.10 Å². The predicted molar refractivity (Wildman–Crippen MR) is 199 cm³/mol. The molecule has 50 heavy (non-hydrogen) atoms. The lowest BCUT2D eigenvalue weighted by atomic mass is 9.98. The molecule has 0 aromatic heterocycles. The van der Waals surface area contributed by atoms with Gasteiger partial charge in [-0.15, -0.1) is 0 Å². The number of rotatable bonds is 35. The number of hydrogen-bond donors (Lipinski definition) is 1. The number of esters is 1. The van der Waals surface area contributed by atoms with Crippen molar-refractivity contribution in [3.05, 3.63) is 0 Å². The van der Waals surface area contributed by atoms with Gasteiger partial charge in [0.2, 0.25) is 5.91 Å². The van der Waals surface area contributed by atoms with Gasteiger partial charge < -0.3 is 15.0 Å². The van der Waals surface area contributed by atoms with E-state index in [1.165, 1.54) is 51.9 Å². The number of alkyl halides is 2. The number of carbonyl (C=O) groups excluding carboxylic acids is 3. The average molecular weight is 719 g/mol. The molecule has 1 amide bonds. The third-order valence-electron chi connectivity index (χ3n) is 9.68. The molecule has 0 bridgehead atoms. The molecule has 8 nitrogen and oxygen atoms in total. The number of amides is 1. The van der Waals surface area contributed by atoms with Gasteiger partial charge in [0.15, 0.2) is 0 Å². The Morgan fingerprint density at radius 2 is 1.18 bits per heavy atom. The van der Waals surface area contributed by atoms with Crippen LogP contribution < -0.4 is 5.32 Å². The van der Waals surface area contributed by atoms with E-state index in [9.17, 15) is 23.2 Å². The lowest BCUT2D eigenvalue weighted by Gasteiger charge is -2.25. The van der Waals surface area contributed by atoms with Crippen molar-refractivity contribution in [3.63, 3.8) is 0 Å². The SMILES string of the molecule is CCCCCCCCCCC(CCCCCCC(F)(F)C(=O)OCC)NC(=O)CCC(CCCCCCCC(=O)OOC(CC)CC)N(C)C. The van der Waals surface area contributed by atoms with Crippen molar-refractivity contribution in [2.24, 2.45) is 0 Å². The molecule has 0 rings (SSSR count). The Labute approximate surface area is 304 Å². The number of halogens is 2. The fourth-order valence-electron chi connectivity index (χ4n) is 6.27. The van der Waals surface area contributed by atoms with Gasteiger partial charge in [-0.25, -0.2) is 9.59 Å². The zero-order valence-electron chi connectivity index (χ0n) is 33.0. The number of carbonyl (C=O) groups is 3. The van der Waals surface area contributed by atoms with E-state index in [1.54, 1.807) is 0 Å². The van der Waals surface area contributed by atoms with Crippen molar-refractivity contribution in [2.45, 2.75) is 219 Å². The molecule has 0 aliphatic rings. The summed E-state index contributed by atoms with van der Waals surface area (Å²) in [6.07, 6.45) is 23.1. The second-order valence-electron chi connectivity index (χ2n) is 14.4. The van der Waals surface area contributed by atoms with Gasteiger partial charge in [0.05, 0.1) is 6.61 Å². The van der Waals surface area contributed by atoms with Crippen LogP contribution in [0.5, 0.6) is 0 Å². The van der Waals surface area contributed by atoms with E-state index in [0.717, 1.165) is 89.9 Å². The smallest absolute Gasteiger partial charge is 0.376 e. The molecule has 0 aromatic carbocycles. The largest absolute Gasteiger partial charge is 0.462 e. The Balaban J connectivity index is 4.56. The lowest BCUT2D eigenvalue weighted by molar-refractivity contribution is -0.298. The highest BCUT2D eigenvalue weighted by Crippen LogP contribution is 2.24. The van der Waals surface area contributed by atoms with Crippen molar-refractivity contribution in [1.82, 2.24) is 10.2 Å². The summed E-state index contributed by atoms with van der Waals surface area (Å²) in [6.45, 7) is 7.73.